The van der Waals surface area contributed by atoms with E-state index < -0.39 is 33.4 Å². The van der Waals surface area contributed by atoms with Gasteiger partial charge in [0.25, 0.3) is 5.91 Å². The minimum absolute atomic E-state index is 0.00190. The SMILES string of the molecule is Cc1ccc(Oc2ccc(S(=O)(=O)CCN(O)C(=O)[C@@H]3COC(C)(C)O3)cc2)cc1. The summed E-state index contributed by atoms with van der Waals surface area (Å²) in [4.78, 5) is 12.3. The predicted molar refractivity (Wildman–Crippen MR) is 108 cm³/mol. The van der Waals surface area contributed by atoms with Gasteiger partial charge in [-0.1, -0.05) is 17.7 Å². The second kappa shape index (κ2) is 8.73. The van der Waals surface area contributed by atoms with Crippen molar-refractivity contribution in [2.45, 2.75) is 37.6 Å². The first kappa shape index (κ1) is 22.2. The van der Waals surface area contributed by atoms with Gasteiger partial charge in [-0.25, -0.2) is 13.5 Å². The molecule has 0 radical (unpaired) electrons. The van der Waals surface area contributed by atoms with Crippen molar-refractivity contribution in [2.24, 2.45) is 0 Å². The first-order chi connectivity index (χ1) is 14.1. The molecule has 1 saturated heterocycles. The molecule has 0 aromatic heterocycles. The molecule has 1 atom stereocenters. The monoisotopic (exact) mass is 435 g/mol. The molecule has 1 aliphatic heterocycles. The molecule has 162 valence electrons. The highest BCUT2D eigenvalue weighted by atomic mass is 32.2. The van der Waals surface area contributed by atoms with Gasteiger partial charge in [-0.3, -0.25) is 10.0 Å². The molecular weight excluding hydrogens is 410 g/mol. The van der Waals surface area contributed by atoms with Crippen molar-refractivity contribution in [1.82, 2.24) is 5.06 Å². The molecule has 1 heterocycles. The lowest BCUT2D eigenvalue weighted by Crippen LogP contribution is -2.41. The van der Waals surface area contributed by atoms with Crippen LogP contribution in [0.25, 0.3) is 0 Å². The van der Waals surface area contributed by atoms with Gasteiger partial charge in [0, 0.05) is 0 Å². The highest BCUT2D eigenvalue weighted by Gasteiger charge is 2.39. The van der Waals surface area contributed by atoms with Crippen LogP contribution in [0.1, 0.15) is 19.4 Å². The Kier molecular flexibility index (Phi) is 6.47. The summed E-state index contributed by atoms with van der Waals surface area (Å²) < 4.78 is 41.4. The maximum absolute atomic E-state index is 12.5. The van der Waals surface area contributed by atoms with Crippen LogP contribution in [-0.4, -0.2) is 55.4 Å². The summed E-state index contributed by atoms with van der Waals surface area (Å²) in [6.45, 7) is 4.89. The van der Waals surface area contributed by atoms with E-state index in [2.05, 4.69) is 0 Å². The van der Waals surface area contributed by atoms with Crippen LogP contribution in [0.15, 0.2) is 53.4 Å². The summed E-state index contributed by atoms with van der Waals surface area (Å²) in [6, 6.07) is 13.5. The molecule has 1 N–H and O–H groups in total. The fourth-order valence-corrected chi connectivity index (χ4v) is 4.07. The standard InChI is InChI=1S/C21H25NO7S/c1-15-4-6-16(7-5-15)28-17-8-10-18(11-9-17)30(25,26)13-12-22(24)20(23)19-14-27-21(2,3)29-19/h4-11,19,24H,12-14H2,1-3H3/t19-/m0/s1. The number of hydroxylamine groups is 2. The molecule has 1 amide bonds. The molecule has 2 aromatic carbocycles. The summed E-state index contributed by atoms with van der Waals surface area (Å²) in [5.41, 5.74) is 1.11. The Morgan fingerprint density at radius 1 is 1.13 bits per heavy atom. The topological polar surface area (TPSA) is 102 Å². The van der Waals surface area contributed by atoms with E-state index in [1.54, 1.807) is 26.0 Å². The fourth-order valence-electron chi connectivity index (χ4n) is 2.87. The van der Waals surface area contributed by atoms with Crippen LogP contribution >= 0.6 is 0 Å². The van der Waals surface area contributed by atoms with Crippen LogP contribution in [0.4, 0.5) is 0 Å². The van der Waals surface area contributed by atoms with E-state index in [4.69, 9.17) is 14.2 Å². The molecule has 30 heavy (non-hydrogen) atoms. The second-order valence-electron chi connectivity index (χ2n) is 7.48. The molecule has 2 aromatic rings. The first-order valence-electron chi connectivity index (χ1n) is 9.45. The maximum Gasteiger partial charge on any atom is 0.277 e. The zero-order valence-corrected chi connectivity index (χ0v) is 17.9. The molecule has 0 spiro atoms. The molecule has 1 fully saturated rings. The summed E-state index contributed by atoms with van der Waals surface area (Å²) >= 11 is 0. The number of amides is 1. The molecule has 1 aliphatic rings. The van der Waals surface area contributed by atoms with Gasteiger partial charge < -0.3 is 14.2 Å². The Balaban J connectivity index is 1.57. The van der Waals surface area contributed by atoms with Gasteiger partial charge in [0.1, 0.15) is 11.5 Å². The molecule has 3 rings (SSSR count). The van der Waals surface area contributed by atoms with Crippen molar-refractivity contribution >= 4 is 15.7 Å². The van der Waals surface area contributed by atoms with Gasteiger partial charge in [-0.15, -0.1) is 0 Å². The number of rotatable bonds is 7. The lowest BCUT2D eigenvalue weighted by molar-refractivity contribution is -0.184. The molecule has 9 heteroatoms. The summed E-state index contributed by atoms with van der Waals surface area (Å²) in [5.74, 6) is -0.956. The first-order valence-corrected chi connectivity index (χ1v) is 11.1. The summed E-state index contributed by atoms with van der Waals surface area (Å²) in [5, 5.41) is 10.3. The van der Waals surface area contributed by atoms with Crippen molar-refractivity contribution in [3.05, 3.63) is 54.1 Å². The smallest absolute Gasteiger partial charge is 0.277 e. The molecule has 0 aliphatic carbocycles. The van der Waals surface area contributed by atoms with Gasteiger partial charge in [-0.2, -0.15) is 0 Å². The van der Waals surface area contributed by atoms with Crippen LogP contribution in [0, 0.1) is 6.92 Å². The summed E-state index contributed by atoms with van der Waals surface area (Å²) in [6.07, 6.45) is -0.967. The molecular formula is C21H25NO7S. The van der Waals surface area contributed by atoms with Crippen LogP contribution in [-0.2, 0) is 24.1 Å². The van der Waals surface area contributed by atoms with Crippen LogP contribution < -0.4 is 4.74 Å². The largest absolute Gasteiger partial charge is 0.457 e. The van der Waals surface area contributed by atoms with Gasteiger partial charge in [0.2, 0.25) is 0 Å². The van der Waals surface area contributed by atoms with Crippen molar-refractivity contribution in [3.8, 4) is 11.5 Å². The Labute approximate surface area is 175 Å². The summed E-state index contributed by atoms with van der Waals surface area (Å²) in [7, 11) is -3.71. The van der Waals surface area contributed by atoms with Gasteiger partial charge in [-0.05, 0) is 57.2 Å². The van der Waals surface area contributed by atoms with Crippen LogP contribution in [0.3, 0.4) is 0 Å². The third-order valence-electron chi connectivity index (χ3n) is 4.55. The molecule has 0 unspecified atom stereocenters. The highest BCUT2D eigenvalue weighted by molar-refractivity contribution is 7.91. The van der Waals surface area contributed by atoms with E-state index in [0.717, 1.165) is 5.56 Å². The third kappa shape index (κ3) is 5.57. The van der Waals surface area contributed by atoms with E-state index in [-0.39, 0.29) is 18.0 Å². The van der Waals surface area contributed by atoms with E-state index in [9.17, 15) is 18.4 Å². The third-order valence-corrected chi connectivity index (χ3v) is 6.26. The van der Waals surface area contributed by atoms with E-state index >= 15 is 0 Å². The maximum atomic E-state index is 12.5. The van der Waals surface area contributed by atoms with Crippen molar-refractivity contribution < 1.29 is 32.6 Å². The fraction of sp³-hybridized carbons (Fsp3) is 0.381. The molecule has 0 bridgehead atoms. The second-order valence-corrected chi connectivity index (χ2v) is 9.59. The number of hydrogen-bond acceptors (Lipinski definition) is 7. The number of carbonyl (C=O) groups is 1. The normalized spacial score (nSPS) is 18.2. The number of ether oxygens (including phenoxy) is 3. The lowest BCUT2D eigenvalue weighted by Gasteiger charge is -2.20. The molecule has 8 nitrogen and oxygen atoms in total. The Morgan fingerprint density at radius 2 is 1.70 bits per heavy atom. The number of nitrogens with zero attached hydrogens (tertiary/aromatic N) is 1. The Bertz CT molecular complexity index is 985. The number of carbonyl (C=O) groups excluding carboxylic acids is 1. The highest BCUT2D eigenvalue weighted by Crippen LogP contribution is 2.25. The minimum atomic E-state index is -3.71. The van der Waals surface area contributed by atoms with Gasteiger partial charge in [0.05, 0.1) is 23.8 Å². The molecule has 0 saturated carbocycles. The number of hydrogen-bond donors (Lipinski definition) is 1. The van der Waals surface area contributed by atoms with Crippen LogP contribution in [0.5, 0.6) is 11.5 Å². The van der Waals surface area contributed by atoms with Gasteiger partial charge in [0.15, 0.2) is 21.7 Å². The van der Waals surface area contributed by atoms with Crippen molar-refractivity contribution in [3.63, 3.8) is 0 Å². The average molecular weight is 435 g/mol. The van der Waals surface area contributed by atoms with E-state index in [1.807, 2.05) is 31.2 Å². The zero-order valence-electron chi connectivity index (χ0n) is 17.1. The Morgan fingerprint density at radius 3 is 2.23 bits per heavy atom. The van der Waals surface area contributed by atoms with Crippen LogP contribution in [0.2, 0.25) is 0 Å². The van der Waals surface area contributed by atoms with Crippen molar-refractivity contribution in [2.75, 3.05) is 18.9 Å². The van der Waals surface area contributed by atoms with Crippen molar-refractivity contribution in [1.29, 1.82) is 0 Å². The van der Waals surface area contributed by atoms with Gasteiger partial charge >= 0.3 is 0 Å². The predicted octanol–water partition coefficient (Wildman–Crippen LogP) is 2.93. The minimum Gasteiger partial charge on any atom is -0.457 e. The number of aryl methyl sites for hydroxylation is 1. The zero-order chi connectivity index (χ0) is 21.9. The lowest BCUT2D eigenvalue weighted by atomic mass is 10.2. The Hall–Kier alpha value is -2.46. The van der Waals surface area contributed by atoms with E-state index in [0.29, 0.717) is 16.6 Å². The number of benzene rings is 2. The average Bonchev–Trinajstić information content (AvgIpc) is 3.07. The number of sulfone groups is 1. The van der Waals surface area contributed by atoms with E-state index in [1.165, 1.54) is 12.1 Å². The quantitative estimate of drug-likeness (QED) is 0.527.